The summed E-state index contributed by atoms with van der Waals surface area (Å²) in [7, 11) is 0. The van der Waals surface area contributed by atoms with Crippen LogP contribution in [0.2, 0.25) is 0 Å². The Bertz CT molecular complexity index is 443. The first-order valence-electron chi connectivity index (χ1n) is 7.84. The quantitative estimate of drug-likeness (QED) is 0.895. The van der Waals surface area contributed by atoms with Gasteiger partial charge in [-0.15, -0.1) is 0 Å². The van der Waals surface area contributed by atoms with Gasteiger partial charge in [-0.2, -0.15) is 0 Å². The van der Waals surface area contributed by atoms with Crippen molar-refractivity contribution < 1.29 is 5.11 Å². The fraction of sp³-hybridized carbons (Fsp3) is 0.647. The van der Waals surface area contributed by atoms with Gasteiger partial charge in [-0.05, 0) is 39.4 Å². The molecule has 1 aromatic rings. The second-order valence-electron chi connectivity index (χ2n) is 5.90. The van der Waals surface area contributed by atoms with Gasteiger partial charge in [-0.25, -0.2) is 0 Å². The Morgan fingerprint density at radius 1 is 1.35 bits per heavy atom. The lowest BCUT2D eigenvalue weighted by Crippen LogP contribution is -2.37. The average molecular weight is 276 g/mol. The maximum Gasteiger partial charge on any atom is 0.120 e. The van der Waals surface area contributed by atoms with Crippen LogP contribution in [-0.4, -0.2) is 47.1 Å². The molecular weight excluding hydrogens is 248 g/mol. The predicted octanol–water partition coefficient (Wildman–Crippen LogP) is 3.18. The first-order valence-corrected chi connectivity index (χ1v) is 7.84. The Morgan fingerprint density at radius 3 is 2.70 bits per heavy atom. The summed E-state index contributed by atoms with van der Waals surface area (Å²) in [6.07, 6.45) is 1.23. The molecule has 1 fully saturated rings. The molecule has 1 aliphatic rings. The summed E-state index contributed by atoms with van der Waals surface area (Å²) in [4.78, 5) is 5.04. The molecule has 0 aromatic heterocycles. The Kier molecular flexibility index (Phi) is 5.06. The fourth-order valence-electron chi connectivity index (χ4n) is 3.36. The average Bonchev–Trinajstić information content (AvgIpc) is 2.92. The van der Waals surface area contributed by atoms with E-state index in [1.165, 1.54) is 12.0 Å². The van der Waals surface area contributed by atoms with E-state index in [1.54, 1.807) is 0 Å². The smallest absolute Gasteiger partial charge is 0.120 e. The van der Waals surface area contributed by atoms with Gasteiger partial charge in [0, 0.05) is 30.7 Å². The molecule has 1 aromatic carbocycles. The van der Waals surface area contributed by atoms with Crippen molar-refractivity contribution in [3.8, 4) is 5.75 Å². The van der Waals surface area contributed by atoms with Crippen molar-refractivity contribution in [2.24, 2.45) is 0 Å². The van der Waals surface area contributed by atoms with Crippen molar-refractivity contribution in [2.45, 2.75) is 46.2 Å². The lowest BCUT2D eigenvalue weighted by molar-refractivity contribution is 0.192. The summed E-state index contributed by atoms with van der Waals surface area (Å²) in [5.74, 6) is 0.425. The van der Waals surface area contributed by atoms with E-state index in [9.17, 15) is 5.11 Å². The fourth-order valence-corrected chi connectivity index (χ4v) is 3.36. The van der Waals surface area contributed by atoms with Gasteiger partial charge in [0.25, 0.3) is 0 Å². The second-order valence-corrected chi connectivity index (χ2v) is 5.90. The zero-order valence-corrected chi connectivity index (χ0v) is 13.3. The zero-order chi connectivity index (χ0) is 14.7. The van der Waals surface area contributed by atoms with E-state index in [-0.39, 0.29) is 6.04 Å². The molecule has 3 heteroatoms. The van der Waals surface area contributed by atoms with Gasteiger partial charge in [-0.3, -0.25) is 9.80 Å². The van der Waals surface area contributed by atoms with Crippen LogP contribution < -0.4 is 0 Å². The van der Waals surface area contributed by atoms with Crippen molar-refractivity contribution in [2.75, 3.05) is 26.2 Å². The van der Waals surface area contributed by atoms with Crippen LogP contribution in [0.15, 0.2) is 18.2 Å². The normalized spacial score (nSPS) is 21.6. The highest BCUT2D eigenvalue weighted by molar-refractivity contribution is 5.37. The molecule has 1 saturated heterocycles. The number of hydrogen-bond donors (Lipinski definition) is 1. The third-order valence-electron chi connectivity index (χ3n) is 4.70. The first-order chi connectivity index (χ1) is 9.56. The van der Waals surface area contributed by atoms with Crippen molar-refractivity contribution in [3.63, 3.8) is 0 Å². The molecule has 20 heavy (non-hydrogen) atoms. The highest BCUT2D eigenvalue weighted by Gasteiger charge is 2.30. The summed E-state index contributed by atoms with van der Waals surface area (Å²) in [5, 5.41) is 10.1. The molecule has 1 N–H and O–H groups in total. The molecule has 1 aliphatic heterocycles. The van der Waals surface area contributed by atoms with Crippen LogP contribution in [0, 0.1) is 6.92 Å². The first kappa shape index (κ1) is 15.3. The maximum atomic E-state index is 10.1. The minimum Gasteiger partial charge on any atom is -0.508 e. The number of phenolic OH excluding ortho intramolecular Hbond substituents is 1. The Balaban J connectivity index is 2.07. The molecule has 3 nitrogen and oxygen atoms in total. The maximum absolute atomic E-state index is 10.1. The third kappa shape index (κ3) is 3.15. The van der Waals surface area contributed by atoms with Gasteiger partial charge in [0.05, 0.1) is 0 Å². The molecule has 0 saturated carbocycles. The lowest BCUT2D eigenvalue weighted by atomic mass is 10.0. The van der Waals surface area contributed by atoms with Gasteiger partial charge >= 0.3 is 0 Å². The molecule has 1 heterocycles. The monoisotopic (exact) mass is 276 g/mol. The number of hydrogen-bond acceptors (Lipinski definition) is 3. The van der Waals surface area contributed by atoms with E-state index in [4.69, 9.17) is 0 Å². The van der Waals surface area contributed by atoms with Crippen molar-refractivity contribution in [3.05, 3.63) is 29.3 Å². The number of nitrogens with zero attached hydrogens (tertiary/aromatic N) is 2. The lowest BCUT2D eigenvalue weighted by Gasteiger charge is -2.29. The molecule has 0 amide bonds. The molecular formula is C17H28N2O. The second kappa shape index (κ2) is 6.59. The number of aryl methyl sites for hydroxylation is 1. The SMILES string of the molecule is CCN(CC)C1CCN(C(C)c2cc(C)ccc2O)C1. The summed E-state index contributed by atoms with van der Waals surface area (Å²) in [6, 6.07) is 6.85. The molecule has 2 rings (SSSR count). The Hall–Kier alpha value is -1.06. The molecule has 0 bridgehead atoms. The number of aromatic hydroxyl groups is 1. The number of benzene rings is 1. The summed E-state index contributed by atoms with van der Waals surface area (Å²) in [5.41, 5.74) is 2.27. The van der Waals surface area contributed by atoms with Crippen molar-refractivity contribution in [1.29, 1.82) is 0 Å². The van der Waals surface area contributed by atoms with E-state index in [0.717, 1.165) is 31.7 Å². The molecule has 112 valence electrons. The van der Waals surface area contributed by atoms with E-state index >= 15 is 0 Å². The van der Waals surface area contributed by atoms with Crippen LogP contribution in [-0.2, 0) is 0 Å². The Labute approximate surface area is 123 Å². The van der Waals surface area contributed by atoms with E-state index in [2.05, 4.69) is 43.6 Å². The van der Waals surface area contributed by atoms with Gasteiger partial charge in [0.15, 0.2) is 0 Å². The topological polar surface area (TPSA) is 26.7 Å². The number of phenols is 1. The number of likely N-dealkylation sites (N-methyl/N-ethyl adjacent to an activating group) is 1. The van der Waals surface area contributed by atoms with Gasteiger partial charge < -0.3 is 5.11 Å². The van der Waals surface area contributed by atoms with Crippen molar-refractivity contribution in [1.82, 2.24) is 9.80 Å². The molecule has 0 spiro atoms. The van der Waals surface area contributed by atoms with Crippen LogP contribution in [0.1, 0.15) is 44.4 Å². The van der Waals surface area contributed by atoms with Crippen molar-refractivity contribution >= 4 is 0 Å². The largest absolute Gasteiger partial charge is 0.508 e. The predicted molar refractivity (Wildman–Crippen MR) is 84.2 cm³/mol. The van der Waals surface area contributed by atoms with Crippen LogP contribution in [0.25, 0.3) is 0 Å². The highest BCUT2D eigenvalue weighted by Crippen LogP contribution is 2.32. The van der Waals surface area contributed by atoms with Gasteiger partial charge in [0.2, 0.25) is 0 Å². The zero-order valence-electron chi connectivity index (χ0n) is 13.3. The molecule has 0 radical (unpaired) electrons. The molecule has 0 aliphatic carbocycles. The number of likely N-dealkylation sites (tertiary alicyclic amines) is 1. The summed E-state index contributed by atoms with van der Waals surface area (Å²) >= 11 is 0. The summed E-state index contributed by atoms with van der Waals surface area (Å²) in [6.45, 7) is 13.2. The summed E-state index contributed by atoms with van der Waals surface area (Å²) < 4.78 is 0. The van der Waals surface area contributed by atoms with Crippen LogP contribution in [0.3, 0.4) is 0 Å². The minimum atomic E-state index is 0.287. The molecule has 2 unspecified atom stereocenters. The van der Waals surface area contributed by atoms with E-state index < -0.39 is 0 Å². The molecule has 2 atom stereocenters. The number of rotatable bonds is 5. The standard InChI is InChI=1S/C17H28N2O/c1-5-18(6-2)15-9-10-19(12-15)14(4)16-11-13(3)7-8-17(16)20/h7-8,11,14-15,20H,5-6,9-10,12H2,1-4H3. The van der Waals surface area contributed by atoms with Crippen LogP contribution in [0.5, 0.6) is 5.75 Å². The van der Waals surface area contributed by atoms with Crippen LogP contribution in [0.4, 0.5) is 0 Å². The van der Waals surface area contributed by atoms with Crippen LogP contribution >= 0.6 is 0 Å². The van der Waals surface area contributed by atoms with Gasteiger partial charge in [0.1, 0.15) is 5.75 Å². The van der Waals surface area contributed by atoms with E-state index in [1.807, 2.05) is 12.1 Å². The third-order valence-corrected chi connectivity index (χ3v) is 4.70. The minimum absolute atomic E-state index is 0.287. The van der Waals surface area contributed by atoms with E-state index in [0.29, 0.717) is 11.8 Å². The highest BCUT2D eigenvalue weighted by atomic mass is 16.3. The van der Waals surface area contributed by atoms with Gasteiger partial charge in [-0.1, -0.05) is 31.5 Å². The Morgan fingerprint density at radius 2 is 2.05 bits per heavy atom.